The fourth-order valence-corrected chi connectivity index (χ4v) is 4.47. The smallest absolute Gasteiger partial charge is 0.242 e. The zero-order valence-corrected chi connectivity index (χ0v) is 16.4. The SMILES string of the molecule is O=C(Cn1ccc2ccccc21)N1CCN(C(=O)[C@@H]2CC2c2ccccc2)CC1. The Kier molecular flexibility index (Phi) is 4.58. The number of carbonyl (C=O) groups excluding carboxylic acids is 2. The maximum Gasteiger partial charge on any atom is 0.242 e. The van der Waals surface area contributed by atoms with Crippen LogP contribution in [0.2, 0.25) is 0 Å². The zero-order valence-electron chi connectivity index (χ0n) is 16.4. The topological polar surface area (TPSA) is 45.6 Å². The van der Waals surface area contributed by atoms with Gasteiger partial charge in [-0.2, -0.15) is 0 Å². The van der Waals surface area contributed by atoms with Gasteiger partial charge in [0.15, 0.2) is 0 Å². The van der Waals surface area contributed by atoms with Gasteiger partial charge in [0.05, 0.1) is 0 Å². The van der Waals surface area contributed by atoms with Gasteiger partial charge in [-0.1, -0.05) is 48.5 Å². The lowest BCUT2D eigenvalue weighted by Crippen LogP contribution is -2.51. The van der Waals surface area contributed by atoms with E-state index in [0.29, 0.717) is 38.6 Å². The van der Waals surface area contributed by atoms with E-state index in [1.165, 1.54) is 5.56 Å². The third kappa shape index (κ3) is 3.53. The number of piperazine rings is 1. The number of aromatic nitrogens is 1. The predicted octanol–water partition coefficient (Wildman–Crippen LogP) is 3.12. The van der Waals surface area contributed by atoms with Crippen LogP contribution in [0.4, 0.5) is 0 Å². The molecule has 0 N–H and O–H groups in total. The molecule has 1 unspecified atom stereocenters. The molecule has 1 aliphatic carbocycles. The maximum absolute atomic E-state index is 12.8. The molecule has 5 heteroatoms. The molecule has 5 nitrogen and oxygen atoms in total. The minimum Gasteiger partial charge on any atom is -0.339 e. The third-order valence-electron chi connectivity index (χ3n) is 6.27. The van der Waals surface area contributed by atoms with Crippen molar-refractivity contribution >= 4 is 22.7 Å². The van der Waals surface area contributed by atoms with Gasteiger partial charge in [-0.25, -0.2) is 0 Å². The van der Waals surface area contributed by atoms with Crippen molar-refractivity contribution in [2.45, 2.75) is 18.9 Å². The van der Waals surface area contributed by atoms with Crippen LogP contribution in [0.15, 0.2) is 66.9 Å². The summed E-state index contributed by atoms with van der Waals surface area (Å²) in [6.07, 6.45) is 2.92. The molecule has 3 aromatic rings. The maximum atomic E-state index is 12.8. The summed E-state index contributed by atoms with van der Waals surface area (Å²) >= 11 is 0. The van der Waals surface area contributed by atoms with Crippen LogP contribution in [-0.4, -0.2) is 52.4 Å². The van der Waals surface area contributed by atoms with Crippen molar-refractivity contribution < 1.29 is 9.59 Å². The highest BCUT2D eigenvalue weighted by molar-refractivity contribution is 5.85. The summed E-state index contributed by atoms with van der Waals surface area (Å²) in [7, 11) is 0. The van der Waals surface area contributed by atoms with Crippen LogP contribution in [0.3, 0.4) is 0 Å². The fraction of sp³-hybridized carbons (Fsp3) is 0.333. The molecule has 1 aromatic heterocycles. The van der Waals surface area contributed by atoms with Gasteiger partial charge in [-0.3, -0.25) is 9.59 Å². The van der Waals surface area contributed by atoms with Crippen LogP contribution in [0, 0.1) is 5.92 Å². The Hall–Kier alpha value is -3.08. The summed E-state index contributed by atoms with van der Waals surface area (Å²) in [4.78, 5) is 29.4. The average molecular weight is 387 g/mol. The summed E-state index contributed by atoms with van der Waals surface area (Å²) in [5.74, 6) is 0.852. The lowest BCUT2D eigenvalue weighted by Gasteiger charge is -2.35. The average Bonchev–Trinajstić information content (AvgIpc) is 3.49. The number of benzene rings is 2. The number of amides is 2. The summed E-state index contributed by atoms with van der Waals surface area (Å²) in [5, 5.41) is 1.15. The lowest BCUT2D eigenvalue weighted by atomic mass is 10.1. The molecule has 2 fully saturated rings. The van der Waals surface area contributed by atoms with Crippen molar-refractivity contribution in [3.8, 4) is 0 Å². The first-order chi connectivity index (χ1) is 14.2. The minimum absolute atomic E-state index is 0.117. The normalized spacial score (nSPS) is 21.4. The highest BCUT2D eigenvalue weighted by Crippen LogP contribution is 2.48. The van der Waals surface area contributed by atoms with Crippen molar-refractivity contribution in [3.05, 3.63) is 72.4 Å². The van der Waals surface area contributed by atoms with Crippen LogP contribution in [0.1, 0.15) is 17.9 Å². The molecule has 2 amide bonds. The molecule has 2 atom stereocenters. The zero-order chi connectivity index (χ0) is 19.8. The van der Waals surface area contributed by atoms with Gasteiger partial charge in [0, 0.05) is 43.8 Å². The highest BCUT2D eigenvalue weighted by Gasteiger charge is 2.46. The van der Waals surface area contributed by atoms with Gasteiger partial charge in [0.1, 0.15) is 6.54 Å². The summed E-state index contributed by atoms with van der Waals surface area (Å²) in [5.41, 5.74) is 2.34. The van der Waals surface area contributed by atoms with E-state index in [4.69, 9.17) is 0 Å². The molecule has 0 spiro atoms. The molecular weight excluding hydrogens is 362 g/mol. The predicted molar refractivity (Wildman–Crippen MR) is 112 cm³/mol. The third-order valence-corrected chi connectivity index (χ3v) is 6.27. The number of hydrogen-bond donors (Lipinski definition) is 0. The Morgan fingerprint density at radius 1 is 0.828 bits per heavy atom. The van der Waals surface area contributed by atoms with Gasteiger partial charge >= 0.3 is 0 Å². The molecule has 1 saturated carbocycles. The second-order valence-corrected chi connectivity index (χ2v) is 8.07. The largest absolute Gasteiger partial charge is 0.339 e. The number of nitrogens with zero attached hydrogens (tertiary/aromatic N) is 3. The molecule has 29 heavy (non-hydrogen) atoms. The van der Waals surface area contributed by atoms with Gasteiger partial charge < -0.3 is 14.4 Å². The Morgan fingerprint density at radius 3 is 2.31 bits per heavy atom. The molecular formula is C24H25N3O2. The molecule has 1 saturated heterocycles. The van der Waals surface area contributed by atoms with Crippen molar-refractivity contribution in [1.82, 2.24) is 14.4 Å². The number of para-hydroxylation sites is 1. The van der Waals surface area contributed by atoms with E-state index < -0.39 is 0 Å². The van der Waals surface area contributed by atoms with Gasteiger partial charge in [0.2, 0.25) is 11.8 Å². The van der Waals surface area contributed by atoms with Crippen LogP contribution in [-0.2, 0) is 16.1 Å². The summed E-state index contributed by atoms with van der Waals surface area (Å²) in [6, 6.07) is 20.4. The van der Waals surface area contributed by atoms with Crippen LogP contribution in [0.25, 0.3) is 10.9 Å². The van der Waals surface area contributed by atoms with Crippen LogP contribution in [0.5, 0.6) is 0 Å². The quantitative estimate of drug-likeness (QED) is 0.691. The van der Waals surface area contributed by atoms with Crippen LogP contribution >= 0.6 is 0 Å². The van der Waals surface area contributed by atoms with Gasteiger partial charge in [0.25, 0.3) is 0 Å². The van der Waals surface area contributed by atoms with Crippen molar-refractivity contribution in [3.63, 3.8) is 0 Å². The first kappa shape index (κ1) is 18.0. The number of rotatable bonds is 4. The molecule has 0 radical (unpaired) electrons. The Balaban J connectivity index is 1.15. The fourth-order valence-electron chi connectivity index (χ4n) is 4.47. The molecule has 2 aromatic carbocycles. The number of fused-ring (bicyclic) bond motifs is 1. The Labute approximate surface area is 170 Å². The Bertz CT molecular complexity index is 1030. The number of hydrogen-bond acceptors (Lipinski definition) is 2. The standard InChI is InChI=1S/C24H25N3O2/c28-23(17-27-11-10-19-8-4-5-9-22(19)27)25-12-14-26(15-13-25)24(29)21-16-20(21)18-6-2-1-3-7-18/h1-11,20-21H,12-17H2/t20?,21-/m1/s1. The van der Waals surface area contributed by atoms with Crippen molar-refractivity contribution in [2.75, 3.05) is 26.2 Å². The summed E-state index contributed by atoms with van der Waals surface area (Å²) in [6.45, 7) is 2.85. The number of carbonyl (C=O) groups is 2. The minimum atomic E-state index is 0.117. The molecule has 2 heterocycles. The van der Waals surface area contributed by atoms with E-state index in [2.05, 4.69) is 18.2 Å². The van der Waals surface area contributed by atoms with Gasteiger partial charge in [-0.05, 0) is 35.4 Å². The van der Waals surface area contributed by atoms with E-state index >= 15 is 0 Å². The van der Waals surface area contributed by atoms with Crippen molar-refractivity contribution in [2.24, 2.45) is 5.92 Å². The Morgan fingerprint density at radius 2 is 1.52 bits per heavy atom. The molecule has 2 aliphatic rings. The second kappa shape index (κ2) is 7.39. The van der Waals surface area contributed by atoms with E-state index in [1.54, 1.807) is 0 Å². The molecule has 148 valence electrons. The first-order valence-corrected chi connectivity index (χ1v) is 10.4. The van der Waals surface area contributed by atoms with E-state index in [0.717, 1.165) is 17.3 Å². The van der Waals surface area contributed by atoms with Gasteiger partial charge in [-0.15, -0.1) is 0 Å². The first-order valence-electron chi connectivity index (χ1n) is 10.4. The summed E-state index contributed by atoms with van der Waals surface area (Å²) < 4.78 is 2.00. The highest BCUT2D eigenvalue weighted by atomic mass is 16.2. The van der Waals surface area contributed by atoms with E-state index in [-0.39, 0.29) is 17.7 Å². The second-order valence-electron chi connectivity index (χ2n) is 8.07. The van der Waals surface area contributed by atoms with Crippen molar-refractivity contribution in [1.29, 1.82) is 0 Å². The molecule has 0 bridgehead atoms. The van der Waals surface area contributed by atoms with E-state index in [1.807, 2.05) is 63.0 Å². The van der Waals surface area contributed by atoms with Crippen LogP contribution < -0.4 is 0 Å². The molecule has 1 aliphatic heterocycles. The molecule has 5 rings (SSSR count). The van der Waals surface area contributed by atoms with E-state index in [9.17, 15) is 9.59 Å². The lowest BCUT2D eigenvalue weighted by molar-refractivity contribution is -0.140. The monoisotopic (exact) mass is 387 g/mol.